The Bertz CT molecular complexity index is 771. The number of nitrogens with one attached hydrogen (secondary N) is 1. The Morgan fingerprint density at radius 1 is 1.21 bits per heavy atom. The predicted octanol–water partition coefficient (Wildman–Crippen LogP) is 3.97. The molecule has 0 saturated carbocycles. The maximum absolute atomic E-state index is 12.5. The predicted molar refractivity (Wildman–Crippen MR) is 92.0 cm³/mol. The molecule has 0 aliphatic carbocycles. The van der Waals surface area contributed by atoms with Crippen molar-refractivity contribution < 1.29 is 23.6 Å². The summed E-state index contributed by atoms with van der Waals surface area (Å²) in [7, 11) is -2.03. The van der Waals surface area contributed by atoms with E-state index in [9.17, 15) is 9.67 Å². The molecule has 0 aliphatic rings. The Morgan fingerprint density at radius 2 is 1.92 bits per heavy atom. The van der Waals surface area contributed by atoms with E-state index in [1.54, 1.807) is 19.2 Å². The molecule has 0 amide bonds. The minimum absolute atomic E-state index is 0.100. The van der Waals surface area contributed by atoms with Crippen molar-refractivity contribution >= 4 is 13.4 Å². The molecule has 2 aromatic rings. The Balaban J connectivity index is 2.11. The molecule has 0 fully saturated rings. The highest BCUT2D eigenvalue weighted by molar-refractivity contribution is 7.53. The van der Waals surface area contributed by atoms with Crippen LogP contribution in [0.15, 0.2) is 24.4 Å². The molecule has 130 valence electrons. The van der Waals surface area contributed by atoms with Crippen LogP contribution in [0.25, 0.3) is 0 Å². The molecule has 0 radical (unpaired) electrons. The van der Waals surface area contributed by atoms with E-state index in [-0.39, 0.29) is 11.5 Å². The second-order valence-electron chi connectivity index (χ2n) is 5.45. The normalized spacial score (nSPS) is 13.2. The molecule has 7 nitrogen and oxygen atoms in total. The first-order valence-electron chi connectivity index (χ1n) is 7.25. The highest BCUT2D eigenvalue weighted by Gasteiger charge is 2.22. The SMILES string of the molecule is COc1c(C)cc(OP(C)(=O)ONc2nccc(C)c2C)cc1O. The summed E-state index contributed by atoms with van der Waals surface area (Å²) in [6.45, 7) is 6.88. The molecule has 2 N–H and O–H groups in total. The number of hydrogen-bond donors (Lipinski definition) is 2. The summed E-state index contributed by atoms with van der Waals surface area (Å²) in [4.78, 5) is 4.13. The third kappa shape index (κ3) is 4.19. The topological polar surface area (TPSA) is 89.9 Å². The number of ether oxygens (including phenoxy) is 1. The molecule has 0 spiro atoms. The standard InChI is InChI=1S/C16H21N2O5P/c1-10-6-7-17-16(12(10)3)18-23-24(5,20)22-13-8-11(2)15(21-4)14(19)9-13/h6-9,19H,1-5H3,(H,17,18). The van der Waals surface area contributed by atoms with Crippen molar-refractivity contribution in [3.8, 4) is 17.2 Å². The quantitative estimate of drug-likeness (QED) is 0.600. The maximum atomic E-state index is 12.5. The Hall–Kier alpha value is -2.24. The number of phenols is 1. The minimum Gasteiger partial charge on any atom is -0.504 e. The summed E-state index contributed by atoms with van der Waals surface area (Å²) in [6.07, 6.45) is 1.63. The molecule has 1 aromatic heterocycles. The van der Waals surface area contributed by atoms with Crippen molar-refractivity contribution in [1.82, 2.24) is 4.98 Å². The Labute approximate surface area is 141 Å². The van der Waals surface area contributed by atoms with E-state index in [1.807, 2.05) is 19.9 Å². The number of methoxy groups -OCH3 is 1. The summed E-state index contributed by atoms with van der Waals surface area (Å²) in [5.41, 5.74) is 5.14. The summed E-state index contributed by atoms with van der Waals surface area (Å²) >= 11 is 0. The van der Waals surface area contributed by atoms with Gasteiger partial charge in [-0.25, -0.2) is 15.0 Å². The van der Waals surface area contributed by atoms with Crippen molar-refractivity contribution in [3.05, 3.63) is 41.1 Å². The van der Waals surface area contributed by atoms with E-state index in [0.717, 1.165) is 11.1 Å². The lowest BCUT2D eigenvalue weighted by Gasteiger charge is -2.18. The molecular weight excluding hydrogens is 331 g/mol. The molecule has 24 heavy (non-hydrogen) atoms. The lowest BCUT2D eigenvalue weighted by molar-refractivity contribution is 0.320. The highest BCUT2D eigenvalue weighted by Crippen LogP contribution is 2.46. The van der Waals surface area contributed by atoms with Crippen molar-refractivity contribution in [3.63, 3.8) is 0 Å². The molecule has 0 bridgehead atoms. The van der Waals surface area contributed by atoms with Crippen LogP contribution in [0.3, 0.4) is 0 Å². The van der Waals surface area contributed by atoms with Gasteiger partial charge in [-0.05, 0) is 49.6 Å². The first-order chi connectivity index (χ1) is 11.2. The molecule has 8 heteroatoms. The Morgan fingerprint density at radius 3 is 2.54 bits per heavy atom. The molecule has 1 heterocycles. The van der Waals surface area contributed by atoms with Gasteiger partial charge >= 0.3 is 7.60 Å². The van der Waals surface area contributed by atoms with Crippen LogP contribution in [-0.4, -0.2) is 23.9 Å². The smallest absolute Gasteiger partial charge is 0.397 e. The first-order valence-corrected chi connectivity index (χ1v) is 9.24. The van der Waals surface area contributed by atoms with E-state index >= 15 is 0 Å². The zero-order valence-corrected chi connectivity index (χ0v) is 15.2. The van der Waals surface area contributed by atoms with Crippen molar-refractivity contribution in [2.24, 2.45) is 0 Å². The van der Waals surface area contributed by atoms with Crippen LogP contribution < -0.4 is 14.7 Å². The van der Waals surface area contributed by atoms with Gasteiger partial charge < -0.3 is 14.4 Å². The second kappa shape index (κ2) is 7.11. The number of phenolic OH excluding ortho intramolecular Hbond substituents is 1. The van der Waals surface area contributed by atoms with E-state index in [2.05, 4.69) is 10.5 Å². The van der Waals surface area contributed by atoms with E-state index in [0.29, 0.717) is 17.1 Å². The van der Waals surface area contributed by atoms with Gasteiger partial charge in [0, 0.05) is 12.3 Å². The van der Waals surface area contributed by atoms with Crippen molar-refractivity contribution in [2.75, 3.05) is 19.3 Å². The second-order valence-corrected chi connectivity index (χ2v) is 7.36. The van der Waals surface area contributed by atoms with Crippen LogP contribution in [0, 0.1) is 20.8 Å². The summed E-state index contributed by atoms with van der Waals surface area (Å²) in [5, 5.41) is 9.88. The number of aryl methyl sites for hydroxylation is 2. The van der Waals surface area contributed by atoms with Crippen LogP contribution in [-0.2, 0) is 9.19 Å². The summed E-state index contributed by atoms with van der Waals surface area (Å²) in [6, 6.07) is 4.79. The van der Waals surface area contributed by atoms with Crippen molar-refractivity contribution in [1.29, 1.82) is 0 Å². The number of benzene rings is 1. The maximum Gasteiger partial charge on any atom is 0.397 e. The van der Waals surface area contributed by atoms with Crippen LogP contribution in [0.4, 0.5) is 5.82 Å². The average Bonchev–Trinajstić information content (AvgIpc) is 2.48. The fourth-order valence-corrected chi connectivity index (χ4v) is 2.89. The van der Waals surface area contributed by atoms with Gasteiger partial charge in [0.1, 0.15) is 5.75 Å². The van der Waals surface area contributed by atoms with Gasteiger partial charge in [-0.2, -0.15) is 4.62 Å². The average molecular weight is 352 g/mol. The number of rotatable bonds is 6. The minimum atomic E-state index is -3.48. The number of aromatic hydroxyl groups is 1. The lowest BCUT2D eigenvalue weighted by Crippen LogP contribution is -2.06. The summed E-state index contributed by atoms with van der Waals surface area (Å²) < 4.78 is 28.1. The van der Waals surface area contributed by atoms with Gasteiger partial charge in [0.15, 0.2) is 17.3 Å². The number of hydrogen-bond acceptors (Lipinski definition) is 7. The first kappa shape index (κ1) is 18.1. The Kier molecular flexibility index (Phi) is 5.36. The molecule has 1 atom stereocenters. The van der Waals surface area contributed by atoms with Gasteiger partial charge in [-0.3, -0.25) is 0 Å². The number of anilines is 1. The summed E-state index contributed by atoms with van der Waals surface area (Å²) in [5.74, 6) is 0.922. The fourth-order valence-electron chi connectivity index (χ4n) is 2.11. The molecule has 2 rings (SSSR count). The zero-order chi connectivity index (χ0) is 17.9. The molecule has 0 saturated heterocycles. The van der Waals surface area contributed by atoms with Gasteiger partial charge in [-0.15, -0.1) is 0 Å². The van der Waals surface area contributed by atoms with Crippen molar-refractivity contribution in [2.45, 2.75) is 20.8 Å². The van der Waals surface area contributed by atoms with Crippen LogP contribution in [0.1, 0.15) is 16.7 Å². The fraction of sp³-hybridized carbons (Fsp3) is 0.312. The number of pyridine rings is 1. The van der Waals surface area contributed by atoms with Crippen LogP contribution >= 0.6 is 7.60 Å². The van der Waals surface area contributed by atoms with E-state index in [1.165, 1.54) is 19.8 Å². The third-order valence-corrected chi connectivity index (χ3v) is 4.45. The lowest BCUT2D eigenvalue weighted by atomic mass is 10.2. The zero-order valence-electron chi connectivity index (χ0n) is 14.3. The van der Waals surface area contributed by atoms with Gasteiger partial charge in [0.2, 0.25) is 0 Å². The monoisotopic (exact) mass is 352 g/mol. The van der Waals surface area contributed by atoms with Crippen LogP contribution in [0.2, 0.25) is 0 Å². The third-order valence-electron chi connectivity index (χ3n) is 3.49. The van der Waals surface area contributed by atoms with Gasteiger partial charge in [0.25, 0.3) is 0 Å². The van der Waals surface area contributed by atoms with E-state index < -0.39 is 7.60 Å². The molecule has 1 unspecified atom stereocenters. The van der Waals surface area contributed by atoms with Gasteiger partial charge in [-0.1, -0.05) is 0 Å². The van der Waals surface area contributed by atoms with Gasteiger partial charge in [0.05, 0.1) is 13.8 Å². The largest absolute Gasteiger partial charge is 0.504 e. The highest BCUT2D eigenvalue weighted by atomic mass is 31.2. The van der Waals surface area contributed by atoms with Crippen LogP contribution in [0.5, 0.6) is 17.2 Å². The molecular formula is C16H21N2O5P. The molecule has 0 aliphatic heterocycles. The molecule has 1 aromatic carbocycles. The number of nitrogens with zero attached hydrogens (tertiary/aromatic N) is 1. The van der Waals surface area contributed by atoms with E-state index in [4.69, 9.17) is 13.9 Å². The number of aromatic nitrogens is 1.